The zero-order valence-electron chi connectivity index (χ0n) is 6.57. The van der Waals surface area contributed by atoms with E-state index >= 15 is 0 Å². The van der Waals surface area contributed by atoms with Crippen LogP contribution in [0.5, 0.6) is 0 Å². The number of aromatic nitrogens is 2. The van der Waals surface area contributed by atoms with Crippen LogP contribution >= 0.6 is 0 Å². The Labute approximate surface area is 64.8 Å². The largest absolute Gasteiger partial charge is 0.461 e. The van der Waals surface area contributed by atoms with Crippen LogP contribution < -0.4 is 0 Å². The van der Waals surface area contributed by atoms with Gasteiger partial charge < -0.3 is 4.74 Å². The first-order valence-electron chi connectivity index (χ1n) is 3.29. The molecule has 1 rings (SSSR count). The van der Waals surface area contributed by atoms with E-state index in [2.05, 4.69) is 5.10 Å². The van der Waals surface area contributed by atoms with Gasteiger partial charge in [0.15, 0.2) is 0 Å². The summed E-state index contributed by atoms with van der Waals surface area (Å²) in [5, 5.41) is 3.92. The Morgan fingerprint density at radius 2 is 2.55 bits per heavy atom. The third kappa shape index (κ3) is 2.41. The van der Waals surface area contributed by atoms with Crippen LogP contribution in [0.2, 0.25) is 0 Å². The summed E-state index contributed by atoms with van der Waals surface area (Å²) in [6.45, 7) is 1.69. The normalized spacial score (nSPS) is 9.64. The highest BCUT2D eigenvalue weighted by Crippen LogP contribution is 1.98. The number of esters is 1. The van der Waals surface area contributed by atoms with Crippen LogP contribution in [-0.4, -0.2) is 15.7 Å². The first kappa shape index (κ1) is 7.78. The molecule has 0 aliphatic rings. The van der Waals surface area contributed by atoms with Gasteiger partial charge in [0.2, 0.25) is 0 Å². The highest BCUT2D eigenvalue weighted by atomic mass is 16.5. The van der Waals surface area contributed by atoms with Crippen molar-refractivity contribution in [1.82, 2.24) is 9.78 Å². The van der Waals surface area contributed by atoms with Gasteiger partial charge in [-0.15, -0.1) is 0 Å². The first-order chi connectivity index (χ1) is 5.18. The molecule has 0 aromatic carbocycles. The molecule has 0 saturated carbocycles. The van der Waals surface area contributed by atoms with Crippen LogP contribution in [-0.2, 0) is 23.2 Å². The fourth-order valence-corrected chi connectivity index (χ4v) is 0.731. The Kier molecular flexibility index (Phi) is 2.25. The number of hydrogen-bond donors (Lipinski definition) is 0. The number of hydrogen-bond acceptors (Lipinski definition) is 3. The van der Waals surface area contributed by atoms with Crippen molar-refractivity contribution in [2.75, 3.05) is 0 Å². The predicted octanol–water partition coefficient (Wildman–Crippen LogP) is 0.483. The predicted molar refractivity (Wildman–Crippen MR) is 38.7 cm³/mol. The van der Waals surface area contributed by atoms with Crippen LogP contribution in [0.4, 0.5) is 0 Å². The SMILES string of the molecule is CC(=O)OCc1cnn(C)c1. The average molecular weight is 154 g/mol. The molecule has 0 fully saturated rings. The van der Waals surface area contributed by atoms with Gasteiger partial charge in [-0.25, -0.2) is 0 Å². The van der Waals surface area contributed by atoms with E-state index < -0.39 is 0 Å². The zero-order valence-corrected chi connectivity index (χ0v) is 6.57. The average Bonchev–Trinajstić information content (AvgIpc) is 2.31. The highest BCUT2D eigenvalue weighted by molar-refractivity contribution is 5.65. The molecular formula is C7H10N2O2. The minimum absolute atomic E-state index is 0.270. The number of carbonyl (C=O) groups is 1. The van der Waals surface area contributed by atoms with Gasteiger partial charge in [0.05, 0.1) is 6.20 Å². The fourth-order valence-electron chi connectivity index (χ4n) is 0.731. The van der Waals surface area contributed by atoms with E-state index in [1.165, 1.54) is 6.92 Å². The van der Waals surface area contributed by atoms with Crippen molar-refractivity contribution in [3.63, 3.8) is 0 Å². The molecule has 0 aliphatic heterocycles. The summed E-state index contributed by atoms with van der Waals surface area (Å²) in [4.78, 5) is 10.4. The van der Waals surface area contributed by atoms with Gasteiger partial charge in [0, 0.05) is 25.7 Å². The molecule has 4 nitrogen and oxygen atoms in total. The van der Waals surface area contributed by atoms with Crippen molar-refractivity contribution in [3.8, 4) is 0 Å². The van der Waals surface area contributed by atoms with Crippen molar-refractivity contribution in [3.05, 3.63) is 18.0 Å². The van der Waals surface area contributed by atoms with E-state index in [1.54, 1.807) is 10.9 Å². The Morgan fingerprint density at radius 1 is 1.82 bits per heavy atom. The summed E-state index contributed by atoms with van der Waals surface area (Å²) in [6, 6.07) is 0. The van der Waals surface area contributed by atoms with Crippen LogP contribution in [0.1, 0.15) is 12.5 Å². The summed E-state index contributed by atoms with van der Waals surface area (Å²) in [5.41, 5.74) is 0.905. The molecule has 0 saturated heterocycles. The molecule has 60 valence electrons. The molecular weight excluding hydrogens is 144 g/mol. The lowest BCUT2D eigenvalue weighted by molar-refractivity contribution is -0.142. The maximum Gasteiger partial charge on any atom is 0.302 e. The standard InChI is InChI=1S/C7H10N2O2/c1-6(10)11-5-7-3-8-9(2)4-7/h3-4H,5H2,1-2H3. The summed E-state index contributed by atoms with van der Waals surface area (Å²) in [5.74, 6) is -0.270. The van der Waals surface area contributed by atoms with Crippen molar-refractivity contribution < 1.29 is 9.53 Å². The number of ether oxygens (including phenoxy) is 1. The molecule has 1 heterocycles. The second-order valence-corrected chi connectivity index (χ2v) is 2.30. The molecule has 0 radical (unpaired) electrons. The summed E-state index contributed by atoms with van der Waals surface area (Å²) < 4.78 is 6.41. The monoisotopic (exact) mass is 154 g/mol. The molecule has 4 heteroatoms. The summed E-state index contributed by atoms with van der Waals surface area (Å²) in [7, 11) is 1.82. The Bertz CT molecular complexity index is 255. The zero-order chi connectivity index (χ0) is 8.27. The lowest BCUT2D eigenvalue weighted by Crippen LogP contribution is -1.97. The topological polar surface area (TPSA) is 44.1 Å². The second kappa shape index (κ2) is 3.18. The highest BCUT2D eigenvalue weighted by Gasteiger charge is 1.97. The molecule has 0 N–H and O–H groups in total. The van der Waals surface area contributed by atoms with Crippen molar-refractivity contribution in [2.45, 2.75) is 13.5 Å². The lowest BCUT2D eigenvalue weighted by Gasteiger charge is -1.96. The smallest absolute Gasteiger partial charge is 0.302 e. The number of rotatable bonds is 2. The molecule has 0 unspecified atom stereocenters. The molecule has 1 aromatic heterocycles. The van der Waals surface area contributed by atoms with E-state index in [4.69, 9.17) is 4.74 Å². The summed E-state index contributed by atoms with van der Waals surface area (Å²) in [6.07, 6.45) is 3.48. The third-order valence-corrected chi connectivity index (χ3v) is 1.20. The Balaban J connectivity index is 2.45. The molecule has 0 amide bonds. The summed E-state index contributed by atoms with van der Waals surface area (Å²) >= 11 is 0. The van der Waals surface area contributed by atoms with Gasteiger partial charge in [-0.05, 0) is 0 Å². The third-order valence-electron chi connectivity index (χ3n) is 1.20. The molecule has 11 heavy (non-hydrogen) atoms. The van der Waals surface area contributed by atoms with E-state index in [1.807, 2.05) is 13.2 Å². The lowest BCUT2D eigenvalue weighted by atomic mass is 10.4. The molecule has 1 aromatic rings. The molecule has 0 spiro atoms. The van der Waals surface area contributed by atoms with Gasteiger partial charge >= 0.3 is 5.97 Å². The number of aryl methyl sites for hydroxylation is 1. The quantitative estimate of drug-likeness (QED) is 0.582. The van der Waals surface area contributed by atoms with Crippen molar-refractivity contribution >= 4 is 5.97 Å². The molecule has 0 atom stereocenters. The Morgan fingerprint density at radius 3 is 3.00 bits per heavy atom. The minimum Gasteiger partial charge on any atom is -0.461 e. The van der Waals surface area contributed by atoms with E-state index in [0.29, 0.717) is 6.61 Å². The van der Waals surface area contributed by atoms with Gasteiger partial charge in [0.25, 0.3) is 0 Å². The van der Waals surface area contributed by atoms with Gasteiger partial charge in [-0.3, -0.25) is 9.48 Å². The number of nitrogens with zero attached hydrogens (tertiary/aromatic N) is 2. The second-order valence-electron chi connectivity index (χ2n) is 2.30. The maximum absolute atomic E-state index is 10.4. The van der Waals surface area contributed by atoms with E-state index in [0.717, 1.165) is 5.56 Å². The van der Waals surface area contributed by atoms with Crippen molar-refractivity contribution in [2.24, 2.45) is 7.05 Å². The van der Waals surface area contributed by atoms with Crippen LogP contribution in [0.25, 0.3) is 0 Å². The number of carbonyl (C=O) groups excluding carboxylic acids is 1. The minimum atomic E-state index is -0.270. The van der Waals surface area contributed by atoms with Gasteiger partial charge in [0.1, 0.15) is 6.61 Å². The van der Waals surface area contributed by atoms with Crippen molar-refractivity contribution in [1.29, 1.82) is 0 Å². The first-order valence-corrected chi connectivity index (χ1v) is 3.29. The molecule has 0 aliphatic carbocycles. The van der Waals surface area contributed by atoms with E-state index in [-0.39, 0.29) is 5.97 Å². The van der Waals surface area contributed by atoms with Crippen LogP contribution in [0.3, 0.4) is 0 Å². The van der Waals surface area contributed by atoms with Gasteiger partial charge in [-0.1, -0.05) is 0 Å². The van der Waals surface area contributed by atoms with E-state index in [9.17, 15) is 4.79 Å². The van der Waals surface area contributed by atoms with Gasteiger partial charge in [-0.2, -0.15) is 5.10 Å². The maximum atomic E-state index is 10.4. The Hall–Kier alpha value is -1.32. The van der Waals surface area contributed by atoms with Crippen LogP contribution in [0, 0.1) is 0 Å². The molecule has 0 bridgehead atoms. The fraction of sp³-hybridized carbons (Fsp3) is 0.429. The van der Waals surface area contributed by atoms with Crippen LogP contribution in [0.15, 0.2) is 12.4 Å².